The van der Waals surface area contributed by atoms with Gasteiger partial charge in [0.25, 0.3) is 0 Å². The molecule has 0 N–H and O–H groups in total. The van der Waals surface area contributed by atoms with Gasteiger partial charge in [-0.15, -0.1) is 0 Å². The SMILES string of the molecule is COc1ccc(Br)c(CN2CCC2)c1. The number of nitrogens with zero attached hydrogens (tertiary/aromatic N) is 1. The fourth-order valence-corrected chi connectivity index (χ4v) is 1.95. The van der Waals surface area contributed by atoms with Crippen LogP contribution in [0.15, 0.2) is 22.7 Å². The average molecular weight is 256 g/mol. The summed E-state index contributed by atoms with van der Waals surface area (Å²) in [5, 5.41) is 0. The van der Waals surface area contributed by atoms with E-state index in [0.717, 1.165) is 12.3 Å². The van der Waals surface area contributed by atoms with Crippen LogP contribution in [-0.2, 0) is 6.54 Å². The monoisotopic (exact) mass is 255 g/mol. The number of likely N-dealkylation sites (tertiary alicyclic amines) is 1. The lowest BCUT2D eigenvalue weighted by Gasteiger charge is -2.31. The summed E-state index contributed by atoms with van der Waals surface area (Å²) >= 11 is 3.56. The molecule has 2 nitrogen and oxygen atoms in total. The first-order chi connectivity index (χ1) is 6.79. The van der Waals surface area contributed by atoms with Crippen molar-refractivity contribution in [3.63, 3.8) is 0 Å². The molecule has 0 amide bonds. The minimum absolute atomic E-state index is 0.934. The Morgan fingerprint density at radius 3 is 2.79 bits per heavy atom. The molecule has 3 heteroatoms. The smallest absolute Gasteiger partial charge is 0.119 e. The average Bonchev–Trinajstić information content (AvgIpc) is 2.14. The Hall–Kier alpha value is -0.540. The topological polar surface area (TPSA) is 12.5 Å². The van der Waals surface area contributed by atoms with Crippen LogP contribution in [-0.4, -0.2) is 25.1 Å². The van der Waals surface area contributed by atoms with Gasteiger partial charge >= 0.3 is 0 Å². The van der Waals surface area contributed by atoms with Gasteiger partial charge in [0.05, 0.1) is 7.11 Å². The van der Waals surface area contributed by atoms with Crippen LogP contribution in [0.4, 0.5) is 0 Å². The van der Waals surface area contributed by atoms with Crippen molar-refractivity contribution in [1.29, 1.82) is 0 Å². The van der Waals surface area contributed by atoms with Gasteiger partial charge in [0.1, 0.15) is 5.75 Å². The van der Waals surface area contributed by atoms with Crippen LogP contribution in [0, 0.1) is 0 Å². The second-order valence-corrected chi connectivity index (χ2v) is 4.44. The highest BCUT2D eigenvalue weighted by molar-refractivity contribution is 9.10. The largest absolute Gasteiger partial charge is 0.497 e. The lowest BCUT2D eigenvalue weighted by molar-refractivity contribution is 0.172. The van der Waals surface area contributed by atoms with Gasteiger partial charge in [-0.1, -0.05) is 15.9 Å². The molecule has 1 aliphatic rings. The zero-order valence-electron chi connectivity index (χ0n) is 8.29. The molecule has 0 aliphatic carbocycles. The van der Waals surface area contributed by atoms with Gasteiger partial charge in [-0.05, 0) is 43.3 Å². The van der Waals surface area contributed by atoms with Crippen molar-refractivity contribution >= 4 is 15.9 Å². The number of rotatable bonds is 3. The van der Waals surface area contributed by atoms with E-state index in [1.54, 1.807) is 7.11 Å². The summed E-state index contributed by atoms with van der Waals surface area (Å²) in [6, 6.07) is 6.13. The molecule has 1 saturated heterocycles. The molecule has 2 rings (SSSR count). The fraction of sp³-hybridized carbons (Fsp3) is 0.455. The maximum absolute atomic E-state index is 5.20. The summed E-state index contributed by atoms with van der Waals surface area (Å²) in [6.07, 6.45) is 1.33. The van der Waals surface area contributed by atoms with E-state index in [0.29, 0.717) is 0 Å². The van der Waals surface area contributed by atoms with Crippen molar-refractivity contribution < 1.29 is 4.74 Å². The number of halogens is 1. The number of methoxy groups -OCH3 is 1. The van der Waals surface area contributed by atoms with Gasteiger partial charge in [0.2, 0.25) is 0 Å². The molecule has 1 aliphatic heterocycles. The van der Waals surface area contributed by atoms with Crippen molar-refractivity contribution in [2.45, 2.75) is 13.0 Å². The molecule has 1 aromatic rings. The van der Waals surface area contributed by atoms with Crippen LogP contribution >= 0.6 is 15.9 Å². The van der Waals surface area contributed by atoms with Crippen LogP contribution in [0.2, 0.25) is 0 Å². The zero-order valence-corrected chi connectivity index (χ0v) is 9.88. The normalized spacial score (nSPS) is 16.4. The summed E-state index contributed by atoms with van der Waals surface area (Å²) in [6.45, 7) is 3.48. The van der Waals surface area contributed by atoms with Crippen molar-refractivity contribution in [3.05, 3.63) is 28.2 Å². The van der Waals surface area contributed by atoms with Gasteiger partial charge in [-0.2, -0.15) is 0 Å². The lowest BCUT2D eigenvalue weighted by atomic mass is 10.1. The third-order valence-electron chi connectivity index (χ3n) is 2.60. The Balaban J connectivity index is 2.13. The van der Waals surface area contributed by atoms with Crippen molar-refractivity contribution in [3.8, 4) is 5.75 Å². The summed E-state index contributed by atoms with van der Waals surface area (Å²) in [4.78, 5) is 2.43. The van der Waals surface area contributed by atoms with Gasteiger partial charge in [0, 0.05) is 11.0 Å². The zero-order chi connectivity index (χ0) is 9.97. The van der Waals surface area contributed by atoms with E-state index in [9.17, 15) is 0 Å². The summed E-state index contributed by atoms with van der Waals surface area (Å²) in [7, 11) is 1.71. The Morgan fingerprint density at radius 2 is 2.21 bits per heavy atom. The summed E-state index contributed by atoms with van der Waals surface area (Å²) < 4.78 is 6.38. The molecular weight excluding hydrogens is 242 g/mol. The van der Waals surface area contributed by atoms with Crippen LogP contribution in [0.3, 0.4) is 0 Å². The molecule has 0 saturated carbocycles. The maximum atomic E-state index is 5.20. The van der Waals surface area contributed by atoms with E-state index in [4.69, 9.17) is 4.74 Å². The van der Waals surface area contributed by atoms with Gasteiger partial charge in [-0.25, -0.2) is 0 Å². The highest BCUT2D eigenvalue weighted by Crippen LogP contribution is 2.25. The molecule has 1 heterocycles. The van der Waals surface area contributed by atoms with Gasteiger partial charge in [-0.3, -0.25) is 4.90 Å². The number of benzene rings is 1. The molecule has 1 aromatic carbocycles. The van der Waals surface area contributed by atoms with Gasteiger partial charge in [0.15, 0.2) is 0 Å². The number of hydrogen-bond donors (Lipinski definition) is 0. The highest BCUT2D eigenvalue weighted by atomic mass is 79.9. The highest BCUT2D eigenvalue weighted by Gasteiger charge is 2.15. The first-order valence-corrected chi connectivity index (χ1v) is 5.63. The Kier molecular flexibility index (Phi) is 3.08. The van der Waals surface area contributed by atoms with E-state index in [1.807, 2.05) is 12.1 Å². The van der Waals surface area contributed by atoms with Gasteiger partial charge < -0.3 is 4.74 Å². The molecule has 0 atom stereocenters. The quantitative estimate of drug-likeness (QED) is 0.824. The molecule has 0 radical (unpaired) electrons. The predicted octanol–water partition coefficient (Wildman–Crippen LogP) is 2.66. The van der Waals surface area contributed by atoms with Crippen molar-refractivity contribution in [2.24, 2.45) is 0 Å². The first-order valence-electron chi connectivity index (χ1n) is 4.84. The molecular formula is C11H14BrNO. The van der Waals surface area contributed by atoms with Crippen LogP contribution in [0.5, 0.6) is 5.75 Å². The van der Waals surface area contributed by atoms with Crippen molar-refractivity contribution in [2.75, 3.05) is 20.2 Å². The van der Waals surface area contributed by atoms with Crippen molar-refractivity contribution in [1.82, 2.24) is 4.90 Å². The molecule has 0 spiro atoms. The van der Waals surface area contributed by atoms with E-state index >= 15 is 0 Å². The van der Waals surface area contributed by atoms with E-state index < -0.39 is 0 Å². The predicted molar refractivity (Wildman–Crippen MR) is 60.6 cm³/mol. The van der Waals surface area contributed by atoms with Crippen LogP contribution in [0.1, 0.15) is 12.0 Å². The molecule has 1 fully saturated rings. The Labute approximate surface area is 93.0 Å². The molecule has 0 aromatic heterocycles. The summed E-state index contributed by atoms with van der Waals surface area (Å²) in [5.74, 6) is 0.934. The van der Waals surface area contributed by atoms with E-state index in [1.165, 1.54) is 29.5 Å². The second kappa shape index (κ2) is 4.32. The molecule has 14 heavy (non-hydrogen) atoms. The lowest BCUT2D eigenvalue weighted by Crippen LogP contribution is -2.36. The third kappa shape index (κ3) is 2.10. The standard InChI is InChI=1S/C11H14BrNO/c1-14-10-3-4-11(12)9(7-10)8-13-5-2-6-13/h3-4,7H,2,5-6,8H2,1H3. The second-order valence-electron chi connectivity index (χ2n) is 3.59. The number of ether oxygens (including phenoxy) is 1. The molecule has 0 bridgehead atoms. The third-order valence-corrected chi connectivity index (χ3v) is 3.37. The summed E-state index contributed by atoms with van der Waals surface area (Å²) in [5.41, 5.74) is 1.31. The van der Waals surface area contributed by atoms with E-state index in [-0.39, 0.29) is 0 Å². The Bertz CT molecular complexity index is 323. The molecule has 76 valence electrons. The van der Waals surface area contributed by atoms with E-state index in [2.05, 4.69) is 26.9 Å². The minimum Gasteiger partial charge on any atom is -0.497 e. The van der Waals surface area contributed by atoms with Crippen LogP contribution in [0.25, 0.3) is 0 Å². The first kappa shape index (κ1) is 9.99. The maximum Gasteiger partial charge on any atom is 0.119 e. The fourth-order valence-electron chi connectivity index (χ4n) is 1.58. The number of hydrogen-bond acceptors (Lipinski definition) is 2. The minimum atomic E-state index is 0.934. The van der Waals surface area contributed by atoms with Crippen LogP contribution < -0.4 is 4.74 Å². The Morgan fingerprint density at radius 1 is 1.43 bits per heavy atom. The molecule has 0 unspecified atom stereocenters.